The van der Waals surface area contributed by atoms with Crippen molar-refractivity contribution in [2.75, 3.05) is 7.11 Å². The number of carboxylic acids is 2. The Morgan fingerprint density at radius 3 is 1.94 bits per heavy atom. The van der Waals surface area contributed by atoms with Crippen molar-refractivity contribution >= 4 is 30.9 Å². The number of hydrogen-bond donors (Lipinski definition) is 2. The van der Waals surface area contributed by atoms with Crippen molar-refractivity contribution in [2.45, 2.75) is 10.4 Å². The number of hydrogen-bond acceptors (Lipinski definition) is 3. The molecule has 1 aromatic carbocycles. The van der Waals surface area contributed by atoms with Gasteiger partial charge in [-0.3, -0.25) is 0 Å². The molecule has 0 aliphatic rings. The maximum absolute atomic E-state index is 10.7. The minimum atomic E-state index is -2.07. The van der Waals surface area contributed by atoms with Gasteiger partial charge in [0, 0.05) is 0 Å². The third kappa shape index (κ3) is 4.49. The standard InChI is InChI=1S/C11H13AsO5/c1-17-9-4-2-8(3-5-9)12(6-10(13)14)7-11(15)16/h2-5H,6-7H2,1H3,(H,13,14)(H,15,16). The van der Waals surface area contributed by atoms with E-state index in [1.807, 2.05) is 0 Å². The molecule has 0 unspecified atom stereocenters. The molecule has 2 N–H and O–H groups in total. The number of benzene rings is 1. The number of carbonyl (C=O) groups is 2. The Morgan fingerprint density at radius 2 is 1.59 bits per heavy atom. The van der Waals surface area contributed by atoms with E-state index in [0.717, 1.165) is 4.35 Å². The van der Waals surface area contributed by atoms with Crippen LogP contribution in [0, 0.1) is 0 Å². The molecule has 0 spiro atoms. The van der Waals surface area contributed by atoms with Gasteiger partial charge in [-0.25, -0.2) is 0 Å². The van der Waals surface area contributed by atoms with Gasteiger partial charge in [0.05, 0.1) is 0 Å². The van der Waals surface area contributed by atoms with Gasteiger partial charge in [0.15, 0.2) is 0 Å². The van der Waals surface area contributed by atoms with Gasteiger partial charge < -0.3 is 0 Å². The second-order valence-electron chi connectivity index (χ2n) is 3.34. The Hall–Kier alpha value is -1.48. The predicted octanol–water partition coefficient (Wildman–Crippen LogP) is 0.566. The molecule has 0 saturated carbocycles. The van der Waals surface area contributed by atoms with Crippen LogP contribution < -0.4 is 9.09 Å². The number of aliphatic carboxylic acids is 2. The first kappa shape index (κ1) is 13.6. The van der Waals surface area contributed by atoms with E-state index >= 15 is 0 Å². The second kappa shape index (κ2) is 6.30. The van der Waals surface area contributed by atoms with E-state index in [-0.39, 0.29) is 10.4 Å². The quantitative estimate of drug-likeness (QED) is 0.750. The summed E-state index contributed by atoms with van der Waals surface area (Å²) in [7, 11) is 1.54. The summed E-state index contributed by atoms with van der Waals surface area (Å²) in [6.45, 7) is 0. The molecule has 0 atom stereocenters. The molecule has 0 radical (unpaired) electrons. The molecule has 5 nitrogen and oxygen atoms in total. The molecule has 0 aliphatic carbocycles. The zero-order valence-electron chi connectivity index (χ0n) is 9.29. The van der Waals surface area contributed by atoms with Crippen LogP contribution in [-0.2, 0) is 9.59 Å². The van der Waals surface area contributed by atoms with Gasteiger partial charge in [0.25, 0.3) is 0 Å². The van der Waals surface area contributed by atoms with Crippen molar-refractivity contribution in [1.29, 1.82) is 0 Å². The van der Waals surface area contributed by atoms with E-state index in [1.165, 1.54) is 0 Å². The summed E-state index contributed by atoms with van der Waals surface area (Å²) in [6, 6.07) is 6.96. The van der Waals surface area contributed by atoms with Crippen molar-refractivity contribution in [3.05, 3.63) is 24.3 Å². The van der Waals surface area contributed by atoms with Gasteiger partial charge in [-0.05, 0) is 0 Å². The Bertz CT molecular complexity index is 385. The third-order valence-electron chi connectivity index (χ3n) is 2.09. The molecule has 0 amide bonds. The molecule has 17 heavy (non-hydrogen) atoms. The van der Waals surface area contributed by atoms with Gasteiger partial charge in [-0.15, -0.1) is 0 Å². The van der Waals surface area contributed by atoms with E-state index in [4.69, 9.17) is 14.9 Å². The minimum absolute atomic E-state index is 0.0500. The number of ether oxygens (including phenoxy) is 1. The monoisotopic (exact) mass is 300 g/mol. The number of rotatable bonds is 6. The molecule has 0 aliphatic heterocycles. The molecule has 1 aromatic rings. The van der Waals surface area contributed by atoms with Crippen LogP contribution >= 0.6 is 0 Å². The molecule has 6 heteroatoms. The molecule has 92 valence electrons. The van der Waals surface area contributed by atoms with Crippen molar-refractivity contribution in [3.63, 3.8) is 0 Å². The molecule has 0 fully saturated rings. The van der Waals surface area contributed by atoms with E-state index in [2.05, 4.69) is 0 Å². The maximum atomic E-state index is 10.7. The zero-order valence-corrected chi connectivity index (χ0v) is 11.2. The number of carboxylic acid groups (broad SMARTS) is 2. The van der Waals surface area contributed by atoms with Crippen molar-refractivity contribution in [2.24, 2.45) is 0 Å². The molecule has 0 saturated heterocycles. The van der Waals surface area contributed by atoms with Crippen LogP contribution in [0.2, 0.25) is 10.4 Å². The normalized spacial score (nSPS) is 10.2. The first-order valence-electron chi connectivity index (χ1n) is 4.85. The topological polar surface area (TPSA) is 83.8 Å². The first-order valence-corrected chi connectivity index (χ1v) is 8.44. The van der Waals surface area contributed by atoms with Gasteiger partial charge in [-0.1, -0.05) is 0 Å². The molecule has 1 rings (SSSR count). The van der Waals surface area contributed by atoms with Crippen molar-refractivity contribution in [1.82, 2.24) is 0 Å². The van der Waals surface area contributed by atoms with E-state index in [0.29, 0.717) is 5.75 Å². The van der Waals surface area contributed by atoms with Crippen LogP contribution in [-0.4, -0.2) is 43.9 Å². The average molecular weight is 300 g/mol. The summed E-state index contributed by atoms with van der Waals surface area (Å²) in [4.78, 5) is 21.4. The fraction of sp³-hybridized carbons (Fsp3) is 0.273. The fourth-order valence-corrected chi connectivity index (χ4v) is 4.93. The summed E-state index contributed by atoms with van der Waals surface area (Å²) < 4.78 is 5.83. The summed E-state index contributed by atoms with van der Waals surface area (Å²) in [5.74, 6) is -1.21. The van der Waals surface area contributed by atoms with E-state index in [9.17, 15) is 9.59 Å². The van der Waals surface area contributed by atoms with Crippen LogP contribution in [0.25, 0.3) is 0 Å². The summed E-state index contributed by atoms with van der Waals surface area (Å²) in [5.41, 5.74) is 0. The van der Waals surface area contributed by atoms with Crippen LogP contribution in [0.15, 0.2) is 24.3 Å². The predicted molar refractivity (Wildman–Crippen MR) is 63.3 cm³/mol. The Labute approximate surface area is 103 Å². The molecule has 0 aromatic heterocycles. The Kier molecular flexibility index (Phi) is 5.04. The SMILES string of the molecule is COc1ccc([As](CC(=O)O)CC(=O)O)cc1. The van der Waals surface area contributed by atoms with Crippen molar-refractivity contribution < 1.29 is 24.5 Å². The van der Waals surface area contributed by atoms with Crippen LogP contribution in [0.1, 0.15) is 0 Å². The van der Waals surface area contributed by atoms with Gasteiger partial charge >= 0.3 is 103 Å². The van der Waals surface area contributed by atoms with Crippen molar-refractivity contribution in [3.8, 4) is 5.75 Å². The van der Waals surface area contributed by atoms with E-state index in [1.54, 1.807) is 31.4 Å². The third-order valence-corrected chi connectivity index (χ3v) is 6.98. The Balaban J connectivity index is 2.86. The zero-order chi connectivity index (χ0) is 12.8. The van der Waals surface area contributed by atoms with Gasteiger partial charge in [0.2, 0.25) is 0 Å². The second-order valence-corrected chi connectivity index (χ2v) is 8.02. The Morgan fingerprint density at radius 1 is 1.12 bits per heavy atom. The van der Waals surface area contributed by atoms with Gasteiger partial charge in [0.1, 0.15) is 0 Å². The molecular formula is C11H13AsO5. The van der Waals surface area contributed by atoms with Crippen LogP contribution in [0.5, 0.6) is 5.75 Å². The molecular weight excluding hydrogens is 287 g/mol. The van der Waals surface area contributed by atoms with E-state index < -0.39 is 26.6 Å². The fourth-order valence-electron chi connectivity index (χ4n) is 1.36. The molecule has 0 heterocycles. The summed E-state index contributed by atoms with van der Waals surface area (Å²) in [6.07, 6.45) is 0. The van der Waals surface area contributed by atoms with Crippen LogP contribution in [0.4, 0.5) is 0 Å². The number of methoxy groups -OCH3 is 1. The van der Waals surface area contributed by atoms with Crippen LogP contribution in [0.3, 0.4) is 0 Å². The summed E-state index contributed by atoms with van der Waals surface area (Å²) >= 11 is -2.07. The molecule has 0 bridgehead atoms. The summed E-state index contributed by atoms with van der Waals surface area (Å²) in [5, 5.41) is 17.5. The average Bonchev–Trinajstić information content (AvgIpc) is 2.27. The van der Waals surface area contributed by atoms with Gasteiger partial charge in [-0.2, -0.15) is 0 Å². The first-order chi connectivity index (χ1) is 8.02.